The molecule has 0 radical (unpaired) electrons. The van der Waals surface area contributed by atoms with Crippen LogP contribution in [0.25, 0.3) is 0 Å². The van der Waals surface area contributed by atoms with Crippen molar-refractivity contribution < 1.29 is 0 Å². The van der Waals surface area contributed by atoms with Gasteiger partial charge >= 0.3 is 0 Å². The number of piperazine rings is 1. The topological polar surface area (TPSA) is 31.4 Å². The second-order valence-corrected chi connectivity index (χ2v) is 6.03. The van der Waals surface area contributed by atoms with Gasteiger partial charge in [0.1, 0.15) is 5.82 Å². The highest BCUT2D eigenvalue weighted by Gasteiger charge is 2.26. The van der Waals surface area contributed by atoms with Crippen molar-refractivity contribution in [2.45, 2.75) is 26.3 Å². The van der Waals surface area contributed by atoms with E-state index in [1.165, 1.54) is 38.0 Å². The smallest absolute Gasteiger partial charge is 0.128 e. The van der Waals surface area contributed by atoms with E-state index >= 15 is 0 Å². The van der Waals surface area contributed by atoms with Crippen LogP contribution in [0.4, 0.5) is 5.82 Å². The van der Waals surface area contributed by atoms with Gasteiger partial charge in [-0.3, -0.25) is 4.90 Å². The van der Waals surface area contributed by atoms with Crippen molar-refractivity contribution in [1.29, 1.82) is 0 Å². The summed E-state index contributed by atoms with van der Waals surface area (Å²) in [5.41, 5.74) is 1.33. The zero-order chi connectivity index (χ0) is 13.8. The number of nitrogens with zero attached hydrogens (tertiary/aromatic N) is 3. The van der Waals surface area contributed by atoms with E-state index in [9.17, 15) is 0 Å². The Morgan fingerprint density at radius 3 is 2.75 bits per heavy atom. The van der Waals surface area contributed by atoms with Crippen LogP contribution in [0.3, 0.4) is 0 Å². The first-order valence-electron chi connectivity index (χ1n) is 7.98. The maximum atomic E-state index is 4.55. The summed E-state index contributed by atoms with van der Waals surface area (Å²) in [6.07, 6.45) is 4.85. The molecule has 0 bridgehead atoms. The molecule has 1 aromatic heterocycles. The normalized spacial score (nSPS) is 20.4. The molecule has 4 heteroatoms. The molecule has 1 aliphatic heterocycles. The van der Waals surface area contributed by atoms with Crippen LogP contribution in [0, 0.1) is 5.92 Å². The molecule has 1 saturated heterocycles. The van der Waals surface area contributed by atoms with Crippen LogP contribution < -0.4 is 10.2 Å². The predicted octanol–water partition coefficient (Wildman–Crippen LogP) is 1.72. The monoisotopic (exact) mass is 274 g/mol. The van der Waals surface area contributed by atoms with Gasteiger partial charge in [0.05, 0.1) is 0 Å². The van der Waals surface area contributed by atoms with Gasteiger partial charge in [0.15, 0.2) is 0 Å². The lowest BCUT2D eigenvalue weighted by Gasteiger charge is -2.35. The second kappa shape index (κ2) is 6.55. The molecule has 20 heavy (non-hydrogen) atoms. The predicted molar refractivity (Wildman–Crippen MR) is 83.0 cm³/mol. The van der Waals surface area contributed by atoms with Gasteiger partial charge in [-0.25, -0.2) is 4.98 Å². The Morgan fingerprint density at radius 1 is 1.25 bits per heavy atom. The average Bonchev–Trinajstić information content (AvgIpc) is 3.30. The molecule has 1 aromatic rings. The quantitative estimate of drug-likeness (QED) is 0.856. The summed E-state index contributed by atoms with van der Waals surface area (Å²) in [5.74, 6) is 2.15. The lowest BCUT2D eigenvalue weighted by atomic mass is 10.2. The van der Waals surface area contributed by atoms with Crippen molar-refractivity contribution in [3.8, 4) is 0 Å². The maximum Gasteiger partial charge on any atom is 0.128 e. The first-order valence-corrected chi connectivity index (χ1v) is 7.98. The van der Waals surface area contributed by atoms with Crippen molar-refractivity contribution in [3.63, 3.8) is 0 Å². The van der Waals surface area contributed by atoms with E-state index in [1.807, 2.05) is 6.20 Å². The Hall–Kier alpha value is -1.13. The molecule has 1 saturated carbocycles. The lowest BCUT2D eigenvalue weighted by molar-refractivity contribution is 0.247. The molecular formula is C16H26N4. The minimum absolute atomic E-state index is 0.938. The van der Waals surface area contributed by atoms with Gasteiger partial charge in [0, 0.05) is 45.5 Å². The number of nitrogens with one attached hydrogen (secondary N) is 1. The number of hydrogen-bond donors (Lipinski definition) is 1. The summed E-state index contributed by atoms with van der Waals surface area (Å²) in [5, 5.41) is 3.38. The molecule has 2 aliphatic rings. The summed E-state index contributed by atoms with van der Waals surface area (Å²) >= 11 is 0. The molecule has 0 atom stereocenters. The lowest BCUT2D eigenvalue weighted by Crippen LogP contribution is -2.47. The average molecular weight is 274 g/mol. The number of anilines is 1. The van der Waals surface area contributed by atoms with Crippen LogP contribution in [0.5, 0.6) is 0 Å². The molecule has 110 valence electrons. The molecule has 0 aromatic carbocycles. The largest absolute Gasteiger partial charge is 0.354 e. The minimum atomic E-state index is 0.938. The number of hydrogen-bond acceptors (Lipinski definition) is 4. The van der Waals surface area contributed by atoms with E-state index < -0.39 is 0 Å². The third-order valence-electron chi connectivity index (χ3n) is 4.30. The first kappa shape index (κ1) is 13.8. The van der Waals surface area contributed by atoms with E-state index in [4.69, 9.17) is 0 Å². The van der Waals surface area contributed by atoms with Crippen LogP contribution in [0.1, 0.15) is 25.3 Å². The van der Waals surface area contributed by atoms with Crippen LogP contribution in [-0.2, 0) is 6.54 Å². The highest BCUT2D eigenvalue weighted by molar-refractivity contribution is 5.41. The van der Waals surface area contributed by atoms with Crippen molar-refractivity contribution in [2.24, 2.45) is 5.92 Å². The Kier molecular flexibility index (Phi) is 4.53. The van der Waals surface area contributed by atoms with Gasteiger partial charge in [-0.2, -0.15) is 0 Å². The van der Waals surface area contributed by atoms with Crippen LogP contribution >= 0.6 is 0 Å². The maximum absolute atomic E-state index is 4.55. The van der Waals surface area contributed by atoms with Crippen molar-refractivity contribution >= 4 is 5.82 Å². The second-order valence-electron chi connectivity index (χ2n) is 6.03. The summed E-state index contributed by atoms with van der Waals surface area (Å²) in [6, 6.07) is 4.34. The summed E-state index contributed by atoms with van der Waals surface area (Å²) in [7, 11) is 0. The Morgan fingerprint density at radius 2 is 2.05 bits per heavy atom. The van der Waals surface area contributed by atoms with E-state index in [-0.39, 0.29) is 0 Å². The summed E-state index contributed by atoms with van der Waals surface area (Å²) in [6.45, 7) is 10.0. The molecule has 0 amide bonds. The van der Waals surface area contributed by atoms with Gasteiger partial charge in [-0.15, -0.1) is 0 Å². The molecule has 4 nitrogen and oxygen atoms in total. The highest BCUT2D eigenvalue weighted by atomic mass is 15.3. The number of aromatic nitrogens is 1. The minimum Gasteiger partial charge on any atom is -0.354 e. The number of rotatable bonds is 6. The SMILES string of the molecule is CCNCc1ccnc(N2CCN(CC3CC3)CC2)c1. The van der Waals surface area contributed by atoms with Gasteiger partial charge in [0.25, 0.3) is 0 Å². The first-order chi connectivity index (χ1) is 9.85. The van der Waals surface area contributed by atoms with E-state index in [1.54, 1.807) is 0 Å². The van der Waals surface area contributed by atoms with Crippen molar-refractivity contribution in [3.05, 3.63) is 23.9 Å². The van der Waals surface area contributed by atoms with Gasteiger partial charge < -0.3 is 10.2 Å². The molecule has 2 fully saturated rings. The molecule has 2 heterocycles. The summed E-state index contributed by atoms with van der Waals surface area (Å²) < 4.78 is 0. The Bertz CT molecular complexity index is 422. The van der Waals surface area contributed by atoms with Gasteiger partial charge in [-0.05, 0) is 43.0 Å². The fourth-order valence-corrected chi connectivity index (χ4v) is 2.84. The van der Waals surface area contributed by atoms with Crippen molar-refractivity contribution in [1.82, 2.24) is 15.2 Å². The Labute approximate surface area is 122 Å². The molecular weight excluding hydrogens is 248 g/mol. The molecule has 0 spiro atoms. The van der Waals surface area contributed by atoms with Crippen LogP contribution in [0.2, 0.25) is 0 Å². The molecule has 1 N–H and O–H groups in total. The zero-order valence-electron chi connectivity index (χ0n) is 12.5. The standard InChI is InChI=1S/C16H26N4/c1-2-17-12-15-5-6-18-16(11-15)20-9-7-19(8-10-20)13-14-3-4-14/h5-6,11,14,17H,2-4,7-10,12-13H2,1H3. The molecule has 0 unspecified atom stereocenters. The van der Waals surface area contributed by atoms with Crippen LogP contribution in [0.15, 0.2) is 18.3 Å². The molecule has 1 aliphatic carbocycles. The van der Waals surface area contributed by atoms with E-state index in [0.29, 0.717) is 0 Å². The molecule has 3 rings (SSSR count). The highest BCUT2D eigenvalue weighted by Crippen LogP contribution is 2.30. The van der Waals surface area contributed by atoms with Crippen LogP contribution in [-0.4, -0.2) is 49.2 Å². The number of pyridine rings is 1. The van der Waals surface area contributed by atoms with Gasteiger partial charge in [0.2, 0.25) is 0 Å². The van der Waals surface area contributed by atoms with E-state index in [2.05, 4.69) is 39.2 Å². The van der Waals surface area contributed by atoms with Crippen molar-refractivity contribution in [2.75, 3.05) is 44.2 Å². The fourth-order valence-electron chi connectivity index (χ4n) is 2.84. The fraction of sp³-hybridized carbons (Fsp3) is 0.688. The van der Waals surface area contributed by atoms with Gasteiger partial charge in [-0.1, -0.05) is 6.92 Å². The Balaban J connectivity index is 1.53. The zero-order valence-corrected chi connectivity index (χ0v) is 12.5. The third-order valence-corrected chi connectivity index (χ3v) is 4.30. The third kappa shape index (κ3) is 3.70. The summed E-state index contributed by atoms with van der Waals surface area (Å²) in [4.78, 5) is 9.60. The van der Waals surface area contributed by atoms with E-state index in [0.717, 1.165) is 37.9 Å².